The fraction of sp³-hybridized carbons (Fsp3) is 0.875. The maximum atomic E-state index is 12.9. The van der Waals surface area contributed by atoms with Gasteiger partial charge in [0.05, 0.1) is 6.61 Å². The SMILES string of the molecule is CC(C)(Br)C(=O)OCC(C)(COC(=O)C(C)(C)Br)C(=O)OCCCCCCCCCCC[Si](Cl)(Cl)Cl. The van der Waals surface area contributed by atoms with Gasteiger partial charge in [0.25, 0.3) is 0 Å². The van der Waals surface area contributed by atoms with Gasteiger partial charge in [0, 0.05) is 0 Å². The first-order valence-electron chi connectivity index (χ1n) is 12.3. The molecule has 0 aliphatic carbocycles. The summed E-state index contributed by atoms with van der Waals surface area (Å²) in [6.45, 7) is 7.87. The van der Waals surface area contributed by atoms with Crippen molar-refractivity contribution < 1.29 is 28.6 Å². The molecule has 0 heterocycles. The number of esters is 3. The molecule has 0 aromatic rings. The number of carbonyl (C=O) groups excluding carboxylic acids is 3. The zero-order chi connectivity index (χ0) is 28.0. The molecule has 0 amide bonds. The highest BCUT2D eigenvalue weighted by atomic mass is 79.9. The van der Waals surface area contributed by atoms with E-state index in [1.54, 1.807) is 34.6 Å². The minimum atomic E-state index is -2.47. The van der Waals surface area contributed by atoms with Gasteiger partial charge in [-0.05, 0) is 47.1 Å². The Bertz CT molecular complexity index is 661. The first-order valence-corrected chi connectivity index (χ1v) is 19.2. The van der Waals surface area contributed by atoms with Gasteiger partial charge in [0.1, 0.15) is 27.3 Å². The molecule has 212 valence electrons. The Morgan fingerprint density at radius 1 is 0.611 bits per heavy atom. The summed E-state index contributed by atoms with van der Waals surface area (Å²) in [5.41, 5.74) is -1.32. The fourth-order valence-electron chi connectivity index (χ4n) is 2.96. The zero-order valence-corrected chi connectivity index (χ0v) is 28.5. The predicted octanol–water partition coefficient (Wildman–Crippen LogP) is 8.14. The second-order valence-corrected chi connectivity index (χ2v) is 23.6. The van der Waals surface area contributed by atoms with Crippen LogP contribution in [0.4, 0.5) is 0 Å². The molecule has 0 aromatic heterocycles. The normalized spacial score (nSPS) is 12.8. The molecular formula is C24H41Br2Cl3O6Si. The van der Waals surface area contributed by atoms with Gasteiger partial charge in [0.15, 0.2) is 0 Å². The topological polar surface area (TPSA) is 78.9 Å². The first kappa shape index (κ1) is 36.5. The van der Waals surface area contributed by atoms with Crippen LogP contribution in [0.5, 0.6) is 0 Å². The van der Waals surface area contributed by atoms with Gasteiger partial charge in [-0.3, -0.25) is 14.4 Å². The van der Waals surface area contributed by atoms with E-state index < -0.39 is 38.0 Å². The molecule has 0 radical (unpaired) electrons. The van der Waals surface area contributed by atoms with Crippen LogP contribution in [0.25, 0.3) is 0 Å². The number of unbranched alkanes of at least 4 members (excludes halogenated alkanes) is 8. The van der Waals surface area contributed by atoms with Crippen molar-refractivity contribution in [3.8, 4) is 0 Å². The molecule has 36 heavy (non-hydrogen) atoms. The van der Waals surface area contributed by atoms with E-state index in [9.17, 15) is 14.4 Å². The maximum absolute atomic E-state index is 12.9. The van der Waals surface area contributed by atoms with Gasteiger partial charge in [-0.25, -0.2) is 0 Å². The molecule has 0 atom stereocenters. The number of halogens is 5. The minimum Gasteiger partial charge on any atom is -0.465 e. The Hall–Kier alpha value is 0.457. The summed E-state index contributed by atoms with van der Waals surface area (Å²) in [4.78, 5) is 37.2. The van der Waals surface area contributed by atoms with Crippen molar-refractivity contribution in [3.63, 3.8) is 0 Å². The van der Waals surface area contributed by atoms with Gasteiger partial charge >= 0.3 is 23.9 Å². The lowest BCUT2D eigenvalue weighted by Crippen LogP contribution is -2.43. The Labute approximate surface area is 248 Å². The molecule has 0 unspecified atom stereocenters. The summed E-state index contributed by atoms with van der Waals surface area (Å²) in [6, 6.07) is -1.75. The molecule has 0 aromatic carbocycles. The van der Waals surface area contributed by atoms with Gasteiger partial charge in [-0.2, -0.15) is 0 Å². The van der Waals surface area contributed by atoms with E-state index in [0.29, 0.717) is 0 Å². The van der Waals surface area contributed by atoms with Crippen LogP contribution in [-0.4, -0.2) is 52.4 Å². The Balaban J connectivity index is 4.41. The summed E-state index contributed by atoms with van der Waals surface area (Å²) in [5.74, 6) is -1.62. The lowest BCUT2D eigenvalue weighted by Gasteiger charge is -2.28. The van der Waals surface area contributed by atoms with Crippen LogP contribution in [-0.2, 0) is 28.6 Å². The second kappa shape index (κ2) is 17.2. The zero-order valence-electron chi connectivity index (χ0n) is 22.0. The van der Waals surface area contributed by atoms with Crippen molar-refractivity contribution in [2.24, 2.45) is 5.41 Å². The van der Waals surface area contributed by atoms with E-state index in [1.807, 2.05) is 0 Å². The van der Waals surface area contributed by atoms with E-state index in [1.165, 1.54) is 6.42 Å². The smallest absolute Gasteiger partial charge is 0.341 e. The van der Waals surface area contributed by atoms with E-state index in [2.05, 4.69) is 31.9 Å². The molecule has 0 aliphatic rings. The van der Waals surface area contributed by atoms with Gasteiger partial charge < -0.3 is 14.2 Å². The molecule has 0 rings (SSSR count). The predicted molar refractivity (Wildman–Crippen MR) is 157 cm³/mol. The van der Waals surface area contributed by atoms with E-state index in [-0.39, 0.29) is 19.8 Å². The first-order chi connectivity index (χ1) is 16.4. The van der Waals surface area contributed by atoms with Crippen molar-refractivity contribution >= 4 is 89.0 Å². The lowest BCUT2D eigenvalue weighted by molar-refractivity contribution is -0.171. The summed E-state index contributed by atoms with van der Waals surface area (Å²) in [7, 11) is 0. The summed E-state index contributed by atoms with van der Waals surface area (Å²) in [5, 5.41) is 0. The summed E-state index contributed by atoms with van der Waals surface area (Å²) < 4.78 is 14.3. The Kier molecular flexibility index (Phi) is 17.4. The maximum Gasteiger partial charge on any atom is 0.341 e. The molecule has 0 saturated heterocycles. The van der Waals surface area contributed by atoms with Gasteiger partial charge in [-0.1, -0.05) is 83.2 Å². The van der Waals surface area contributed by atoms with Crippen LogP contribution in [0.2, 0.25) is 6.04 Å². The fourth-order valence-corrected chi connectivity index (χ4v) is 5.04. The van der Waals surface area contributed by atoms with Crippen LogP contribution >= 0.6 is 65.1 Å². The quantitative estimate of drug-likeness (QED) is 0.0335. The number of hydrogen-bond donors (Lipinski definition) is 0. The molecule has 0 fully saturated rings. The van der Waals surface area contributed by atoms with Gasteiger partial charge in [0.2, 0.25) is 0 Å². The summed E-state index contributed by atoms with van der Waals surface area (Å²) >= 11 is 24.1. The molecule has 6 nitrogen and oxygen atoms in total. The Morgan fingerprint density at radius 2 is 0.972 bits per heavy atom. The van der Waals surface area contributed by atoms with E-state index in [4.69, 9.17) is 47.4 Å². The standard InChI is InChI=1S/C24H41Br2Cl3O6Si/c1-22(2,25)19(30)34-17-24(5,18-35-20(31)23(3,4)26)21(32)33-15-13-11-9-7-6-8-10-12-14-16-36(27,28)29/h6-18H2,1-5H3. The number of carbonyl (C=O) groups is 3. The highest BCUT2D eigenvalue weighted by Gasteiger charge is 2.41. The largest absolute Gasteiger partial charge is 0.465 e. The molecule has 0 saturated carbocycles. The van der Waals surface area contributed by atoms with Crippen molar-refractivity contribution in [1.29, 1.82) is 0 Å². The summed E-state index contributed by atoms with van der Waals surface area (Å²) in [6.07, 6.45) is 9.43. The van der Waals surface area contributed by atoms with E-state index in [0.717, 1.165) is 57.4 Å². The highest BCUT2D eigenvalue weighted by Crippen LogP contribution is 2.28. The molecule has 12 heteroatoms. The van der Waals surface area contributed by atoms with Crippen molar-refractivity contribution in [2.75, 3.05) is 19.8 Å². The average Bonchev–Trinajstić information content (AvgIpc) is 2.74. The number of alkyl halides is 2. The third kappa shape index (κ3) is 17.9. The van der Waals surface area contributed by atoms with Crippen LogP contribution < -0.4 is 0 Å². The van der Waals surface area contributed by atoms with Crippen LogP contribution in [0, 0.1) is 5.41 Å². The third-order valence-electron chi connectivity index (χ3n) is 5.35. The highest BCUT2D eigenvalue weighted by molar-refractivity contribution is 9.10. The van der Waals surface area contributed by atoms with Crippen molar-refractivity contribution in [1.82, 2.24) is 0 Å². The number of ether oxygens (including phenoxy) is 3. The molecule has 0 aliphatic heterocycles. The van der Waals surface area contributed by atoms with Crippen LogP contribution in [0.3, 0.4) is 0 Å². The van der Waals surface area contributed by atoms with Gasteiger partial charge in [-0.15, -0.1) is 33.2 Å². The minimum absolute atomic E-state index is 0.255. The third-order valence-corrected chi connectivity index (χ3v) is 8.61. The van der Waals surface area contributed by atoms with Crippen LogP contribution in [0.15, 0.2) is 0 Å². The van der Waals surface area contributed by atoms with E-state index >= 15 is 0 Å². The lowest BCUT2D eigenvalue weighted by atomic mass is 9.93. The number of hydrogen-bond acceptors (Lipinski definition) is 6. The molecule has 0 spiro atoms. The molecule has 0 N–H and O–H groups in total. The van der Waals surface area contributed by atoms with Crippen molar-refractivity contribution in [2.45, 2.75) is 107 Å². The molecular weight excluding hydrogens is 679 g/mol. The second-order valence-electron chi connectivity index (χ2n) is 10.3. The average molecular weight is 720 g/mol. The van der Waals surface area contributed by atoms with Crippen molar-refractivity contribution in [3.05, 3.63) is 0 Å². The van der Waals surface area contributed by atoms with Crippen LogP contribution in [0.1, 0.15) is 92.4 Å². The number of rotatable bonds is 19. The Morgan fingerprint density at radius 3 is 1.33 bits per heavy atom. The monoisotopic (exact) mass is 716 g/mol. The molecule has 0 bridgehead atoms.